The summed E-state index contributed by atoms with van der Waals surface area (Å²) in [7, 11) is 2.21. The molecule has 3 fully saturated rings. The number of Topliss-reactive ketones (excluding diaryl/α,β-unsaturated/α-hetero) is 1. The van der Waals surface area contributed by atoms with Gasteiger partial charge < -0.3 is 20.0 Å². The number of anilines is 1. The third kappa shape index (κ3) is 39.2. The minimum absolute atomic E-state index is 0. The van der Waals surface area contributed by atoms with Crippen molar-refractivity contribution in [3.8, 4) is 0 Å². The number of rotatable bonds is 8. The number of aryl methyl sites for hydroxylation is 1. The number of nitrogens with one attached hydrogen (secondary N) is 1. The monoisotopic (exact) mass is 1040 g/mol. The first-order chi connectivity index (χ1) is 33.0. The van der Waals surface area contributed by atoms with Gasteiger partial charge in [0.1, 0.15) is 5.78 Å². The van der Waals surface area contributed by atoms with Gasteiger partial charge in [-0.05, 0) is 122 Å². The Morgan fingerprint density at radius 1 is 0.581 bits per heavy atom. The number of carbonyl (C=O) groups excluding carboxylic acids is 3. The summed E-state index contributed by atoms with van der Waals surface area (Å²) in [5.41, 5.74) is 6.58. The number of benzene rings is 2. The van der Waals surface area contributed by atoms with Crippen LogP contribution < -0.4 is 10.2 Å². The molecule has 2 aliphatic heterocycles. The fourth-order valence-electron chi connectivity index (χ4n) is 8.75. The molecule has 8 heteroatoms. The summed E-state index contributed by atoms with van der Waals surface area (Å²) in [5, 5.41) is 3.01. The van der Waals surface area contributed by atoms with E-state index in [1.54, 1.807) is 20.8 Å². The molecule has 1 saturated carbocycles. The Balaban J connectivity index is -0.000000197. The second kappa shape index (κ2) is 42.8. The van der Waals surface area contributed by atoms with Crippen LogP contribution in [-0.2, 0) is 32.6 Å². The Hall–Kier alpha value is -3.23. The maximum absolute atomic E-state index is 11.3. The number of piperazine rings is 2. The molecule has 2 saturated heterocycles. The Kier molecular flexibility index (Phi) is 47.5. The van der Waals surface area contributed by atoms with Crippen molar-refractivity contribution < 1.29 is 14.4 Å². The average molecular weight is 1040 g/mol. The van der Waals surface area contributed by atoms with Crippen LogP contribution in [0.15, 0.2) is 48.5 Å². The summed E-state index contributed by atoms with van der Waals surface area (Å²) < 4.78 is 0. The highest BCUT2D eigenvalue weighted by atomic mass is 16.2. The van der Waals surface area contributed by atoms with Gasteiger partial charge in [-0.2, -0.15) is 0 Å². The maximum Gasteiger partial charge on any atom is 0.219 e. The lowest BCUT2D eigenvalue weighted by atomic mass is 9.71. The largest absolute Gasteiger partial charge is 0.368 e. The van der Waals surface area contributed by atoms with Crippen LogP contribution in [0.5, 0.6) is 0 Å². The molecule has 0 spiro atoms. The molecule has 1 N–H and O–H groups in total. The van der Waals surface area contributed by atoms with Gasteiger partial charge in [0.25, 0.3) is 0 Å². The second-order valence-corrected chi connectivity index (χ2v) is 23.6. The molecule has 0 radical (unpaired) electrons. The van der Waals surface area contributed by atoms with Gasteiger partial charge >= 0.3 is 0 Å². The summed E-state index contributed by atoms with van der Waals surface area (Å²) in [6.45, 7) is 59.1. The van der Waals surface area contributed by atoms with Crippen LogP contribution >= 0.6 is 0 Å². The molecule has 8 nitrogen and oxygen atoms in total. The molecule has 438 valence electrons. The molecule has 2 amide bonds. The number of ketones is 1. The van der Waals surface area contributed by atoms with Gasteiger partial charge in [0.15, 0.2) is 0 Å². The number of likely N-dealkylation sites (N-methyl/N-ethyl adjacent to an activating group) is 1. The SMILES string of the molecule is C.C.C.CC.CC.CC.CC.CC(=O)Cc1ccc(CCC(C)(C)C)cc1.CC(=O)N1CCN(c2ccc(C(C)(C)C)cc2)CC1.CC(=O)NC1CCC(C(C)(C)C)CC1.C[C@@H](CC(C)(C)C)N1CCN(C)CC1. The maximum atomic E-state index is 11.3. The number of hydrogen-bond acceptors (Lipinski definition) is 6. The molecule has 0 aromatic heterocycles. The quantitative estimate of drug-likeness (QED) is 0.284. The fraction of sp³-hybridized carbons (Fsp3) is 0.773. The molecule has 2 aromatic carbocycles. The summed E-state index contributed by atoms with van der Waals surface area (Å²) in [6, 6.07) is 18.4. The molecule has 0 unspecified atom stereocenters. The molecule has 2 aromatic rings. The van der Waals surface area contributed by atoms with Crippen molar-refractivity contribution in [1.82, 2.24) is 20.0 Å². The lowest BCUT2D eigenvalue weighted by Crippen LogP contribution is -2.48. The Labute approximate surface area is 464 Å². The molecule has 3 aliphatic rings. The van der Waals surface area contributed by atoms with Crippen LogP contribution in [0.2, 0.25) is 0 Å². The molecular formula is C66H131N5O3. The van der Waals surface area contributed by atoms with Crippen LogP contribution in [0.4, 0.5) is 5.69 Å². The van der Waals surface area contributed by atoms with Gasteiger partial charge in [-0.3, -0.25) is 19.3 Å². The van der Waals surface area contributed by atoms with Crippen molar-refractivity contribution in [3.05, 3.63) is 65.2 Å². The minimum Gasteiger partial charge on any atom is -0.368 e. The Bertz CT molecular complexity index is 1620. The first kappa shape index (κ1) is 82.1. The summed E-state index contributed by atoms with van der Waals surface area (Å²) in [6.07, 6.45) is 8.99. The number of carbonyl (C=O) groups is 3. The van der Waals surface area contributed by atoms with E-state index in [0.29, 0.717) is 28.7 Å². The Morgan fingerprint density at radius 3 is 1.36 bits per heavy atom. The highest BCUT2D eigenvalue weighted by Crippen LogP contribution is 2.37. The van der Waals surface area contributed by atoms with E-state index >= 15 is 0 Å². The lowest BCUT2D eigenvalue weighted by Gasteiger charge is -2.38. The average Bonchev–Trinajstić information content (AvgIpc) is 3.31. The van der Waals surface area contributed by atoms with E-state index in [1.165, 1.54) is 68.7 Å². The predicted molar refractivity (Wildman–Crippen MR) is 335 cm³/mol. The van der Waals surface area contributed by atoms with Gasteiger partial charge in [-0.15, -0.1) is 0 Å². The summed E-state index contributed by atoms with van der Waals surface area (Å²) >= 11 is 0. The summed E-state index contributed by atoms with van der Waals surface area (Å²) in [4.78, 5) is 42.5. The number of hydrogen-bond donors (Lipinski definition) is 1. The van der Waals surface area contributed by atoms with Crippen molar-refractivity contribution in [2.75, 3.05) is 64.3 Å². The molecule has 2 heterocycles. The number of amides is 2. The molecule has 5 rings (SSSR count). The summed E-state index contributed by atoms with van der Waals surface area (Å²) in [5.74, 6) is 1.35. The van der Waals surface area contributed by atoms with E-state index in [9.17, 15) is 14.4 Å². The first-order valence-corrected chi connectivity index (χ1v) is 28.4. The molecule has 1 aliphatic carbocycles. The topological polar surface area (TPSA) is 76.2 Å². The third-order valence-electron chi connectivity index (χ3n) is 12.9. The van der Waals surface area contributed by atoms with E-state index in [4.69, 9.17) is 0 Å². The highest BCUT2D eigenvalue weighted by Gasteiger charge is 2.30. The van der Waals surface area contributed by atoms with Gasteiger partial charge in [0.2, 0.25) is 11.8 Å². The van der Waals surface area contributed by atoms with Crippen molar-refractivity contribution >= 4 is 23.3 Å². The standard InChI is InChI=1S/C16H24N2O.C15H22O.C12H26N2.C12H23NO.4C2H6.3CH4/c1-13(19)17-9-11-18(12-10-17)15-7-5-14(6-8-15)16(2,3)4;1-12(16)11-14-7-5-13(6-8-14)9-10-15(2,3)4;1-11(10-12(2,3)4)14-8-6-13(5)7-9-14;1-9(14)13-11-7-5-10(6-8-11)12(2,3)4;4*1-2;;;/h5-8H,9-12H2,1-4H3;5-8H,9-11H2,1-4H3;11H,6-10H2,1-5H3;10-11H,5-8H2,1-4H3,(H,13,14);4*1-2H3;3*1H4/t;;11-;;;;;;;;/m..0......../s1. The van der Waals surface area contributed by atoms with E-state index in [2.05, 4.69) is 166 Å². The third-order valence-corrected chi connectivity index (χ3v) is 12.9. The van der Waals surface area contributed by atoms with Gasteiger partial charge in [-0.1, -0.05) is 197 Å². The zero-order valence-corrected chi connectivity index (χ0v) is 51.7. The van der Waals surface area contributed by atoms with E-state index in [-0.39, 0.29) is 45.3 Å². The Morgan fingerprint density at radius 2 is 1.01 bits per heavy atom. The zero-order chi connectivity index (χ0) is 55.8. The first-order valence-electron chi connectivity index (χ1n) is 28.4. The second-order valence-electron chi connectivity index (χ2n) is 23.6. The normalized spacial score (nSPS) is 17.0. The van der Waals surface area contributed by atoms with E-state index < -0.39 is 0 Å². The lowest BCUT2D eigenvalue weighted by molar-refractivity contribution is -0.129. The van der Waals surface area contributed by atoms with E-state index in [1.807, 2.05) is 60.3 Å². The van der Waals surface area contributed by atoms with Gasteiger partial charge in [-0.25, -0.2) is 0 Å². The van der Waals surface area contributed by atoms with Crippen LogP contribution in [0, 0.1) is 22.2 Å². The zero-order valence-electron chi connectivity index (χ0n) is 51.7. The molecular weight excluding hydrogens is 911 g/mol. The molecule has 74 heavy (non-hydrogen) atoms. The van der Waals surface area contributed by atoms with E-state index in [0.717, 1.165) is 63.0 Å². The number of nitrogens with zero attached hydrogens (tertiary/aromatic N) is 4. The highest BCUT2D eigenvalue weighted by molar-refractivity contribution is 5.78. The van der Waals surface area contributed by atoms with Gasteiger partial charge in [0, 0.05) is 90.4 Å². The van der Waals surface area contributed by atoms with Crippen LogP contribution in [0.25, 0.3) is 0 Å². The molecule has 1 atom stereocenters. The van der Waals surface area contributed by atoms with Crippen LogP contribution in [0.1, 0.15) is 244 Å². The molecule has 0 bridgehead atoms. The smallest absolute Gasteiger partial charge is 0.219 e. The fourth-order valence-corrected chi connectivity index (χ4v) is 8.75. The van der Waals surface area contributed by atoms with Gasteiger partial charge in [0.05, 0.1) is 0 Å². The van der Waals surface area contributed by atoms with Crippen molar-refractivity contribution in [2.24, 2.45) is 22.2 Å². The van der Waals surface area contributed by atoms with Crippen LogP contribution in [0.3, 0.4) is 0 Å². The van der Waals surface area contributed by atoms with Crippen LogP contribution in [-0.4, -0.2) is 104 Å². The van der Waals surface area contributed by atoms with Crippen molar-refractivity contribution in [1.29, 1.82) is 0 Å². The predicted octanol–water partition coefficient (Wildman–Crippen LogP) is 17.2. The van der Waals surface area contributed by atoms with Crippen molar-refractivity contribution in [2.45, 2.75) is 257 Å². The van der Waals surface area contributed by atoms with Crippen molar-refractivity contribution in [3.63, 3.8) is 0 Å². The minimum atomic E-state index is 0.